The van der Waals surface area contributed by atoms with Crippen molar-refractivity contribution in [2.45, 2.75) is 39.8 Å². The molecule has 0 spiro atoms. The van der Waals surface area contributed by atoms with Crippen molar-refractivity contribution in [3.05, 3.63) is 35.4 Å². The van der Waals surface area contributed by atoms with Gasteiger partial charge in [-0.2, -0.15) is 0 Å². The van der Waals surface area contributed by atoms with Gasteiger partial charge in [0.2, 0.25) is 5.91 Å². The van der Waals surface area contributed by atoms with Gasteiger partial charge in [-0.25, -0.2) is 8.78 Å². The average Bonchev–Trinajstić information content (AvgIpc) is 2.26. The van der Waals surface area contributed by atoms with Crippen LogP contribution in [0.25, 0.3) is 0 Å². The van der Waals surface area contributed by atoms with Crippen molar-refractivity contribution in [1.82, 2.24) is 5.32 Å². The van der Waals surface area contributed by atoms with Crippen molar-refractivity contribution in [3.8, 4) is 0 Å². The molecule has 1 unspecified atom stereocenters. The van der Waals surface area contributed by atoms with E-state index in [0.717, 1.165) is 12.1 Å². The molecule has 1 rings (SSSR count). The molecule has 2 atom stereocenters. The zero-order valence-corrected chi connectivity index (χ0v) is 12.9. The van der Waals surface area contributed by atoms with Gasteiger partial charge >= 0.3 is 0 Å². The predicted molar refractivity (Wildman–Crippen MR) is 77.6 cm³/mol. The van der Waals surface area contributed by atoms with Crippen molar-refractivity contribution in [2.24, 2.45) is 11.1 Å². The number of amides is 1. The summed E-state index contributed by atoms with van der Waals surface area (Å²) in [4.78, 5) is 11.9. The van der Waals surface area contributed by atoms with Gasteiger partial charge < -0.3 is 11.1 Å². The molecule has 1 aromatic rings. The lowest BCUT2D eigenvalue weighted by Gasteiger charge is -2.27. The molecule has 0 aliphatic heterocycles. The molecule has 20 heavy (non-hydrogen) atoms. The van der Waals surface area contributed by atoms with Crippen LogP contribution in [0.3, 0.4) is 0 Å². The summed E-state index contributed by atoms with van der Waals surface area (Å²) in [6, 6.07) is 2.07. The van der Waals surface area contributed by atoms with Crippen molar-refractivity contribution in [3.63, 3.8) is 0 Å². The lowest BCUT2D eigenvalue weighted by atomic mass is 9.86. The van der Waals surface area contributed by atoms with Gasteiger partial charge in [-0.05, 0) is 24.5 Å². The van der Waals surface area contributed by atoms with Crippen molar-refractivity contribution < 1.29 is 13.6 Å². The molecule has 3 N–H and O–H groups in total. The normalized spacial score (nSPS) is 14.2. The Morgan fingerprint density at radius 1 is 1.25 bits per heavy atom. The highest BCUT2D eigenvalue weighted by Gasteiger charge is 2.29. The zero-order chi connectivity index (χ0) is 14.8. The van der Waals surface area contributed by atoms with E-state index in [0.29, 0.717) is 0 Å². The van der Waals surface area contributed by atoms with Gasteiger partial charge in [-0.1, -0.05) is 26.8 Å². The van der Waals surface area contributed by atoms with Crippen molar-refractivity contribution in [1.29, 1.82) is 0 Å². The minimum absolute atomic E-state index is 0. The van der Waals surface area contributed by atoms with Gasteiger partial charge in [0.1, 0.15) is 11.6 Å². The van der Waals surface area contributed by atoms with Crippen molar-refractivity contribution >= 4 is 18.3 Å². The Balaban J connectivity index is 0.00000361. The van der Waals surface area contributed by atoms with E-state index in [1.807, 2.05) is 20.8 Å². The monoisotopic (exact) mass is 306 g/mol. The van der Waals surface area contributed by atoms with E-state index < -0.39 is 35.0 Å². The number of hydrogen-bond acceptors (Lipinski definition) is 2. The molecule has 3 nitrogen and oxygen atoms in total. The number of carbonyl (C=O) groups is 1. The van der Waals surface area contributed by atoms with Crippen LogP contribution < -0.4 is 11.1 Å². The second-order valence-electron chi connectivity index (χ2n) is 5.71. The third kappa shape index (κ3) is 4.42. The number of nitrogens with two attached hydrogens (primary N) is 1. The minimum Gasteiger partial charge on any atom is -0.348 e. The van der Waals surface area contributed by atoms with Crippen LogP contribution in [-0.2, 0) is 4.79 Å². The highest BCUT2D eigenvalue weighted by atomic mass is 35.5. The first kappa shape index (κ1) is 18.8. The maximum absolute atomic E-state index is 13.6. The second kappa shape index (κ2) is 6.99. The summed E-state index contributed by atoms with van der Waals surface area (Å²) in [7, 11) is 0. The first-order chi connectivity index (χ1) is 8.64. The van der Waals surface area contributed by atoms with Gasteiger partial charge in [0.15, 0.2) is 0 Å². The van der Waals surface area contributed by atoms with E-state index in [-0.39, 0.29) is 18.0 Å². The van der Waals surface area contributed by atoms with E-state index in [4.69, 9.17) is 5.73 Å². The second-order valence-corrected chi connectivity index (χ2v) is 5.71. The summed E-state index contributed by atoms with van der Waals surface area (Å²) < 4.78 is 27.1. The molecular formula is C14H21ClF2N2O. The first-order valence-corrected chi connectivity index (χ1v) is 6.14. The summed E-state index contributed by atoms with van der Waals surface area (Å²) in [6.07, 6.45) is 0. The molecule has 6 heteroatoms. The largest absolute Gasteiger partial charge is 0.348 e. The fraction of sp³-hybridized carbons (Fsp3) is 0.500. The molecule has 114 valence electrons. The summed E-state index contributed by atoms with van der Waals surface area (Å²) in [6.45, 7) is 7.00. The Hall–Kier alpha value is -1.20. The molecule has 1 amide bonds. The lowest BCUT2D eigenvalue weighted by molar-refractivity contribution is -0.125. The summed E-state index contributed by atoms with van der Waals surface area (Å²) in [5.74, 6) is -1.79. The van der Waals surface area contributed by atoms with Crippen molar-refractivity contribution in [2.75, 3.05) is 0 Å². The zero-order valence-electron chi connectivity index (χ0n) is 12.0. The Bertz CT molecular complexity index is 454. The standard InChI is InChI=1S/C14H20F2N2O.ClH/c1-8(11-9(15)6-5-7-10(11)16)18-13(19)12(17)14(2,3)4;/h5-8,12H,17H2,1-4H3,(H,18,19);1H/t8?,12-;/m1./s1. The third-order valence-electron chi connectivity index (χ3n) is 3.01. The number of rotatable bonds is 3. The molecule has 0 fully saturated rings. The van der Waals surface area contributed by atoms with Crippen LogP contribution in [0.2, 0.25) is 0 Å². The summed E-state index contributed by atoms with van der Waals surface area (Å²) >= 11 is 0. The van der Waals surface area contributed by atoms with Crippen LogP contribution >= 0.6 is 12.4 Å². The van der Waals surface area contributed by atoms with Crippen LogP contribution in [0.5, 0.6) is 0 Å². The van der Waals surface area contributed by atoms with E-state index in [2.05, 4.69) is 5.32 Å². The minimum atomic E-state index is -0.776. The quantitative estimate of drug-likeness (QED) is 0.902. The highest BCUT2D eigenvalue weighted by Crippen LogP contribution is 2.22. The number of nitrogens with one attached hydrogen (secondary N) is 1. The maximum atomic E-state index is 13.6. The fourth-order valence-electron chi connectivity index (χ4n) is 1.69. The van der Waals surface area contributed by atoms with E-state index in [9.17, 15) is 13.6 Å². The molecule has 0 aliphatic carbocycles. The molecular weight excluding hydrogens is 286 g/mol. The molecule has 0 bridgehead atoms. The lowest BCUT2D eigenvalue weighted by Crippen LogP contribution is -2.49. The Labute approximate surface area is 124 Å². The molecule has 0 aliphatic rings. The number of benzene rings is 1. The maximum Gasteiger partial charge on any atom is 0.237 e. The molecule has 0 saturated carbocycles. The Kier molecular flexibility index (Phi) is 6.58. The van der Waals surface area contributed by atoms with Crippen LogP contribution in [0.15, 0.2) is 18.2 Å². The van der Waals surface area contributed by atoms with Gasteiger partial charge in [0.05, 0.1) is 12.1 Å². The molecule has 0 saturated heterocycles. The van der Waals surface area contributed by atoms with E-state index in [1.165, 1.54) is 13.0 Å². The van der Waals surface area contributed by atoms with Crippen LogP contribution in [0.1, 0.15) is 39.3 Å². The molecule has 1 aromatic carbocycles. The van der Waals surface area contributed by atoms with E-state index >= 15 is 0 Å². The van der Waals surface area contributed by atoms with Gasteiger partial charge in [-0.15, -0.1) is 12.4 Å². The van der Waals surface area contributed by atoms with Crippen LogP contribution in [0, 0.1) is 17.0 Å². The third-order valence-corrected chi connectivity index (χ3v) is 3.01. The van der Waals surface area contributed by atoms with Gasteiger partial charge in [-0.3, -0.25) is 4.79 Å². The van der Waals surface area contributed by atoms with Gasteiger partial charge in [0.25, 0.3) is 0 Å². The summed E-state index contributed by atoms with van der Waals surface area (Å²) in [5.41, 5.74) is 5.22. The van der Waals surface area contributed by atoms with Crippen LogP contribution in [-0.4, -0.2) is 11.9 Å². The summed E-state index contributed by atoms with van der Waals surface area (Å²) in [5, 5.41) is 2.54. The Morgan fingerprint density at radius 2 is 1.70 bits per heavy atom. The topological polar surface area (TPSA) is 55.1 Å². The first-order valence-electron chi connectivity index (χ1n) is 6.14. The predicted octanol–water partition coefficient (Wildman–Crippen LogP) is 2.94. The highest BCUT2D eigenvalue weighted by molar-refractivity contribution is 5.85. The number of carbonyl (C=O) groups excluding carboxylic acids is 1. The fourth-order valence-corrected chi connectivity index (χ4v) is 1.69. The molecule has 0 radical (unpaired) electrons. The molecule has 0 aromatic heterocycles. The molecule has 0 heterocycles. The SMILES string of the molecule is CC(NC(=O)[C@@H](N)C(C)(C)C)c1c(F)cccc1F.Cl. The van der Waals surface area contributed by atoms with Crippen LogP contribution in [0.4, 0.5) is 8.78 Å². The van der Waals surface area contributed by atoms with Gasteiger partial charge in [0, 0.05) is 5.56 Å². The Morgan fingerprint density at radius 3 is 2.10 bits per heavy atom. The van der Waals surface area contributed by atoms with E-state index in [1.54, 1.807) is 0 Å². The smallest absolute Gasteiger partial charge is 0.237 e. The average molecular weight is 307 g/mol. The number of hydrogen-bond donors (Lipinski definition) is 2. The number of halogens is 3.